The minimum atomic E-state index is -4.51. The van der Waals surface area contributed by atoms with Crippen LogP contribution in [0.2, 0.25) is 0 Å². The van der Waals surface area contributed by atoms with Crippen LogP contribution in [-0.4, -0.2) is 18.0 Å². The lowest BCUT2D eigenvalue weighted by Gasteiger charge is -2.15. The van der Waals surface area contributed by atoms with Gasteiger partial charge in [0.25, 0.3) is 5.91 Å². The quantitative estimate of drug-likeness (QED) is 0.811. The average molecular weight is 365 g/mol. The molecule has 0 aliphatic rings. The summed E-state index contributed by atoms with van der Waals surface area (Å²) in [5, 5.41) is 2.32. The summed E-state index contributed by atoms with van der Waals surface area (Å²) in [5.41, 5.74) is 0.805. The second-order valence-electron chi connectivity index (χ2n) is 5.80. The standard InChI is InChI=1S/C19H18F3NO3/c1-12-6-3-4-7-14(12)10-17(24)26-13(2)18(25)23-16-9-5-8-15(11-16)19(20,21)22/h3-9,11,13H,10H2,1-2H3,(H,23,25). The van der Waals surface area contributed by atoms with Crippen LogP contribution in [0, 0.1) is 6.92 Å². The minimum Gasteiger partial charge on any atom is -0.452 e. The predicted molar refractivity (Wildman–Crippen MR) is 90.5 cm³/mol. The molecule has 7 heteroatoms. The summed E-state index contributed by atoms with van der Waals surface area (Å²) in [6.45, 7) is 3.21. The Morgan fingerprint density at radius 2 is 1.81 bits per heavy atom. The van der Waals surface area contributed by atoms with Crippen molar-refractivity contribution in [3.05, 3.63) is 65.2 Å². The van der Waals surface area contributed by atoms with Gasteiger partial charge in [-0.3, -0.25) is 9.59 Å². The summed E-state index contributed by atoms with van der Waals surface area (Å²) in [5.74, 6) is -1.30. The number of carbonyl (C=O) groups is 2. The van der Waals surface area contributed by atoms with E-state index in [0.717, 1.165) is 23.3 Å². The van der Waals surface area contributed by atoms with Gasteiger partial charge in [-0.15, -0.1) is 0 Å². The van der Waals surface area contributed by atoms with Crippen LogP contribution in [0.3, 0.4) is 0 Å². The molecular weight excluding hydrogens is 347 g/mol. The normalized spacial score (nSPS) is 12.3. The van der Waals surface area contributed by atoms with Crippen LogP contribution in [-0.2, 0) is 26.9 Å². The predicted octanol–water partition coefficient (Wildman–Crippen LogP) is 4.13. The highest BCUT2D eigenvalue weighted by Crippen LogP contribution is 2.30. The number of alkyl halides is 3. The van der Waals surface area contributed by atoms with E-state index < -0.39 is 29.7 Å². The van der Waals surface area contributed by atoms with Gasteiger partial charge in [0.1, 0.15) is 0 Å². The van der Waals surface area contributed by atoms with Crippen molar-refractivity contribution in [2.45, 2.75) is 32.5 Å². The van der Waals surface area contributed by atoms with E-state index in [1.165, 1.54) is 19.1 Å². The molecule has 26 heavy (non-hydrogen) atoms. The number of amides is 1. The van der Waals surface area contributed by atoms with E-state index in [9.17, 15) is 22.8 Å². The molecule has 1 amide bonds. The summed E-state index contributed by atoms with van der Waals surface area (Å²) in [6, 6.07) is 11.5. The Hall–Kier alpha value is -2.83. The number of hydrogen-bond acceptors (Lipinski definition) is 3. The van der Waals surface area contributed by atoms with Crippen LogP contribution < -0.4 is 5.32 Å². The van der Waals surface area contributed by atoms with Crippen LogP contribution >= 0.6 is 0 Å². The molecule has 2 aromatic carbocycles. The minimum absolute atomic E-state index is 0.00779. The van der Waals surface area contributed by atoms with Gasteiger partial charge in [-0.05, 0) is 43.2 Å². The van der Waals surface area contributed by atoms with Crippen LogP contribution in [0.1, 0.15) is 23.6 Å². The van der Waals surface area contributed by atoms with Crippen LogP contribution in [0.25, 0.3) is 0 Å². The number of benzene rings is 2. The number of rotatable bonds is 5. The summed E-state index contributed by atoms with van der Waals surface area (Å²) in [4.78, 5) is 24.0. The van der Waals surface area contributed by atoms with Crippen molar-refractivity contribution in [1.29, 1.82) is 0 Å². The van der Waals surface area contributed by atoms with Crippen molar-refractivity contribution in [2.24, 2.45) is 0 Å². The highest BCUT2D eigenvalue weighted by molar-refractivity contribution is 5.95. The molecule has 1 atom stereocenters. The number of halogens is 3. The fourth-order valence-corrected chi connectivity index (χ4v) is 2.27. The Morgan fingerprint density at radius 3 is 2.46 bits per heavy atom. The SMILES string of the molecule is Cc1ccccc1CC(=O)OC(C)C(=O)Nc1cccc(C(F)(F)F)c1. The third kappa shape index (κ3) is 5.34. The van der Waals surface area contributed by atoms with Gasteiger partial charge in [-0.1, -0.05) is 30.3 Å². The van der Waals surface area contributed by atoms with Crippen molar-refractivity contribution in [2.75, 3.05) is 5.32 Å². The Morgan fingerprint density at radius 1 is 1.12 bits per heavy atom. The topological polar surface area (TPSA) is 55.4 Å². The van der Waals surface area contributed by atoms with Gasteiger partial charge < -0.3 is 10.1 Å². The van der Waals surface area contributed by atoms with Crippen LogP contribution in [0.15, 0.2) is 48.5 Å². The number of carbonyl (C=O) groups excluding carboxylic acids is 2. The third-order valence-corrected chi connectivity index (χ3v) is 3.73. The Bertz CT molecular complexity index is 803. The summed E-state index contributed by atoms with van der Waals surface area (Å²) >= 11 is 0. The summed E-state index contributed by atoms with van der Waals surface area (Å²) < 4.78 is 43.1. The first-order chi connectivity index (χ1) is 12.2. The van der Waals surface area contributed by atoms with E-state index >= 15 is 0 Å². The van der Waals surface area contributed by atoms with Gasteiger partial charge in [-0.2, -0.15) is 13.2 Å². The van der Waals surface area contributed by atoms with Crippen molar-refractivity contribution in [1.82, 2.24) is 0 Å². The zero-order valence-electron chi connectivity index (χ0n) is 14.3. The van der Waals surface area contributed by atoms with E-state index in [0.29, 0.717) is 0 Å². The monoisotopic (exact) mass is 365 g/mol. The first-order valence-electron chi connectivity index (χ1n) is 7.89. The molecule has 0 spiro atoms. The number of hydrogen-bond donors (Lipinski definition) is 1. The molecule has 0 fully saturated rings. The number of ether oxygens (including phenoxy) is 1. The smallest absolute Gasteiger partial charge is 0.416 e. The summed E-state index contributed by atoms with van der Waals surface area (Å²) in [7, 11) is 0. The van der Waals surface area contributed by atoms with Crippen molar-refractivity contribution in [3.63, 3.8) is 0 Å². The first kappa shape index (κ1) is 19.5. The zero-order chi connectivity index (χ0) is 19.3. The molecule has 1 N–H and O–H groups in total. The Labute approximate surface area is 149 Å². The largest absolute Gasteiger partial charge is 0.452 e. The molecule has 138 valence electrons. The molecule has 0 heterocycles. The third-order valence-electron chi connectivity index (χ3n) is 3.73. The van der Waals surface area contributed by atoms with Gasteiger partial charge in [0.15, 0.2) is 6.10 Å². The van der Waals surface area contributed by atoms with E-state index in [1.54, 1.807) is 12.1 Å². The van der Waals surface area contributed by atoms with E-state index in [-0.39, 0.29) is 12.1 Å². The van der Waals surface area contributed by atoms with Crippen molar-refractivity contribution < 1.29 is 27.5 Å². The first-order valence-corrected chi connectivity index (χ1v) is 7.89. The number of esters is 1. The van der Waals surface area contributed by atoms with Gasteiger partial charge >= 0.3 is 12.1 Å². The molecule has 0 aliphatic carbocycles. The van der Waals surface area contributed by atoms with E-state index in [2.05, 4.69) is 5.32 Å². The second kappa shape index (κ2) is 8.03. The van der Waals surface area contributed by atoms with Crippen LogP contribution in [0.5, 0.6) is 0 Å². The molecule has 0 radical (unpaired) electrons. The molecular formula is C19H18F3NO3. The fraction of sp³-hybridized carbons (Fsp3) is 0.263. The second-order valence-corrected chi connectivity index (χ2v) is 5.80. The highest BCUT2D eigenvalue weighted by Gasteiger charge is 2.30. The molecule has 2 aromatic rings. The van der Waals surface area contributed by atoms with Crippen molar-refractivity contribution in [3.8, 4) is 0 Å². The highest BCUT2D eigenvalue weighted by atomic mass is 19.4. The van der Waals surface area contributed by atoms with Crippen LogP contribution in [0.4, 0.5) is 18.9 Å². The fourth-order valence-electron chi connectivity index (χ4n) is 2.27. The molecule has 4 nitrogen and oxygen atoms in total. The molecule has 0 saturated carbocycles. The number of nitrogens with one attached hydrogen (secondary N) is 1. The summed E-state index contributed by atoms with van der Waals surface area (Å²) in [6.07, 6.45) is -5.64. The molecule has 0 bridgehead atoms. The Balaban J connectivity index is 1.95. The van der Waals surface area contributed by atoms with Crippen molar-refractivity contribution >= 4 is 17.6 Å². The van der Waals surface area contributed by atoms with E-state index in [1.807, 2.05) is 19.1 Å². The lowest BCUT2D eigenvalue weighted by molar-refractivity contribution is -0.152. The maximum absolute atomic E-state index is 12.7. The van der Waals surface area contributed by atoms with E-state index in [4.69, 9.17) is 4.74 Å². The molecule has 0 saturated heterocycles. The zero-order valence-corrected chi connectivity index (χ0v) is 14.3. The molecule has 2 rings (SSSR count). The van der Waals surface area contributed by atoms with Gasteiger partial charge in [0.05, 0.1) is 12.0 Å². The maximum atomic E-state index is 12.7. The lowest BCUT2D eigenvalue weighted by atomic mass is 10.1. The molecule has 0 aliphatic heterocycles. The maximum Gasteiger partial charge on any atom is 0.416 e. The number of anilines is 1. The lowest BCUT2D eigenvalue weighted by Crippen LogP contribution is -2.30. The average Bonchev–Trinajstić information content (AvgIpc) is 2.56. The number of aryl methyl sites for hydroxylation is 1. The van der Waals surface area contributed by atoms with Gasteiger partial charge in [-0.25, -0.2) is 0 Å². The van der Waals surface area contributed by atoms with Gasteiger partial charge in [0.2, 0.25) is 0 Å². The molecule has 1 unspecified atom stereocenters. The van der Waals surface area contributed by atoms with Gasteiger partial charge in [0, 0.05) is 5.69 Å². The molecule has 0 aromatic heterocycles. The Kier molecular flexibility index (Phi) is 6.02.